The first-order chi connectivity index (χ1) is 7.57. The zero-order valence-electron chi connectivity index (χ0n) is 10.3. The zero-order valence-corrected chi connectivity index (χ0v) is 10.3. The minimum Gasteiger partial charge on any atom is -0.369 e. The fraction of sp³-hybridized carbons (Fsp3) is 0.636. The molecule has 0 aliphatic carbocycles. The summed E-state index contributed by atoms with van der Waals surface area (Å²) in [4.78, 5) is 12.0. The maximum atomic E-state index is 12.0. The van der Waals surface area contributed by atoms with Crippen LogP contribution in [0.1, 0.15) is 32.8 Å². The molecule has 0 saturated heterocycles. The number of amides is 1. The molecule has 16 heavy (non-hydrogen) atoms. The van der Waals surface area contributed by atoms with Gasteiger partial charge in [-0.05, 0) is 19.8 Å². The van der Waals surface area contributed by atoms with E-state index in [2.05, 4.69) is 15.5 Å². The van der Waals surface area contributed by atoms with Crippen LogP contribution < -0.4 is 5.32 Å². The molecule has 1 aromatic rings. The molecule has 1 atom stereocenters. The number of carbonyl (C=O) groups is 1. The summed E-state index contributed by atoms with van der Waals surface area (Å²) >= 11 is 0. The van der Waals surface area contributed by atoms with Gasteiger partial charge in [0.2, 0.25) is 0 Å². The second-order valence-corrected chi connectivity index (χ2v) is 3.87. The minimum absolute atomic E-state index is 0.156. The molecule has 0 fully saturated rings. The highest BCUT2D eigenvalue weighted by molar-refractivity contribution is 5.96. The van der Waals surface area contributed by atoms with Crippen molar-refractivity contribution < 1.29 is 9.53 Å². The molecule has 1 heterocycles. The second kappa shape index (κ2) is 5.12. The number of H-pyrrole nitrogens is 1. The van der Waals surface area contributed by atoms with Crippen molar-refractivity contribution >= 4 is 11.7 Å². The maximum absolute atomic E-state index is 12.0. The second-order valence-electron chi connectivity index (χ2n) is 3.87. The highest BCUT2D eigenvalue weighted by Gasteiger charge is 2.31. The van der Waals surface area contributed by atoms with Gasteiger partial charge in [-0.3, -0.25) is 9.89 Å². The Labute approximate surface area is 95.6 Å². The first kappa shape index (κ1) is 12.7. The van der Waals surface area contributed by atoms with Gasteiger partial charge >= 0.3 is 0 Å². The molecule has 5 heteroatoms. The first-order valence-electron chi connectivity index (χ1n) is 5.46. The fourth-order valence-corrected chi connectivity index (χ4v) is 1.33. The molecule has 1 unspecified atom stereocenters. The third-order valence-corrected chi connectivity index (χ3v) is 2.94. The van der Waals surface area contributed by atoms with E-state index in [0.717, 1.165) is 12.0 Å². The number of nitrogens with one attached hydrogen (secondary N) is 2. The number of nitrogens with zero attached hydrogens (tertiary/aromatic N) is 1. The molecule has 0 radical (unpaired) electrons. The number of rotatable bonds is 5. The number of hydrogen-bond acceptors (Lipinski definition) is 3. The third kappa shape index (κ3) is 2.41. The van der Waals surface area contributed by atoms with Gasteiger partial charge in [-0.15, -0.1) is 0 Å². The van der Waals surface area contributed by atoms with Gasteiger partial charge in [-0.1, -0.05) is 13.8 Å². The smallest absolute Gasteiger partial charge is 0.257 e. The van der Waals surface area contributed by atoms with Crippen LogP contribution >= 0.6 is 0 Å². The molecule has 0 bridgehead atoms. The monoisotopic (exact) mass is 225 g/mol. The number of hydrogen-bond donors (Lipinski definition) is 2. The topological polar surface area (TPSA) is 67.0 Å². The van der Waals surface area contributed by atoms with E-state index < -0.39 is 5.60 Å². The van der Waals surface area contributed by atoms with Crippen molar-refractivity contribution in [1.29, 1.82) is 0 Å². The number of aromatic amines is 1. The van der Waals surface area contributed by atoms with E-state index in [1.165, 1.54) is 7.11 Å². The van der Waals surface area contributed by atoms with Gasteiger partial charge in [0.1, 0.15) is 11.4 Å². The first-order valence-corrected chi connectivity index (χ1v) is 5.46. The normalized spacial score (nSPS) is 14.5. The van der Waals surface area contributed by atoms with E-state index in [1.54, 1.807) is 13.1 Å². The number of carbonyl (C=O) groups excluding carboxylic acids is 1. The Morgan fingerprint density at radius 2 is 2.31 bits per heavy atom. The summed E-state index contributed by atoms with van der Waals surface area (Å²) < 4.78 is 5.22. The number of methoxy groups -OCH3 is 1. The standard InChI is InChI=1S/C11H19N3O2/c1-5-8-7-12-14-9(8)13-10(15)11(3,6-2)16-4/h7H,5-6H2,1-4H3,(H2,12,13,14,15). The van der Waals surface area contributed by atoms with Crippen LogP contribution in [0.25, 0.3) is 0 Å². The molecule has 0 spiro atoms. The largest absolute Gasteiger partial charge is 0.369 e. The number of aryl methyl sites for hydroxylation is 1. The number of ether oxygens (including phenoxy) is 1. The molecule has 0 aliphatic heterocycles. The highest BCUT2D eigenvalue weighted by Crippen LogP contribution is 2.18. The highest BCUT2D eigenvalue weighted by atomic mass is 16.5. The molecule has 90 valence electrons. The van der Waals surface area contributed by atoms with Crippen LogP contribution in [0.2, 0.25) is 0 Å². The lowest BCUT2D eigenvalue weighted by Gasteiger charge is -2.24. The Kier molecular flexibility index (Phi) is 4.06. The van der Waals surface area contributed by atoms with E-state index in [-0.39, 0.29) is 5.91 Å². The lowest BCUT2D eigenvalue weighted by Crippen LogP contribution is -2.41. The molecule has 0 aromatic carbocycles. The van der Waals surface area contributed by atoms with Crippen LogP contribution in [0.5, 0.6) is 0 Å². The summed E-state index contributed by atoms with van der Waals surface area (Å²) in [5, 5.41) is 9.47. The van der Waals surface area contributed by atoms with Gasteiger partial charge in [0, 0.05) is 12.7 Å². The Morgan fingerprint density at radius 1 is 1.62 bits per heavy atom. The average Bonchev–Trinajstić information content (AvgIpc) is 2.75. The molecular formula is C11H19N3O2. The van der Waals surface area contributed by atoms with E-state index in [1.807, 2.05) is 13.8 Å². The Morgan fingerprint density at radius 3 is 2.81 bits per heavy atom. The third-order valence-electron chi connectivity index (χ3n) is 2.94. The minimum atomic E-state index is -0.796. The summed E-state index contributed by atoms with van der Waals surface area (Å²) in [5.41, 5.74) is 0.193. The zero-order chi connectivity index (χ0) is 12.2. The van der Waals surface area contributed by atoms with Crippen molar-refractivity contribution in [3.63, 3.8) is 0 Å². The Hall–Kier alpha value is -1.36. The van der Waals surface area contributed by atoms with Crippen LogP contribution in [-0.2, 0) is 16.0 Å². The van der Waals surface area contributed by atoms with E-state index >= 15 is 0 Å². The van der Waals surface area contributed by atoms with Crippen molar-refractivity contribution in [2.24, 2.45) is 0 Å². The van der Waals surface area contributed by atoms with Crippen LogP contribution in [0.15, 0.2) is 6.20 Å². The molecular weight excluding hydrogens is 206 g/mol. The maximum Gasteiger partial charge on any atom is 0.257 e. The van der Waals surface area contributed by atoms with Gasteiger partial charge in [0.15, 0.2) is 0 Å². The average molecular weight is 225 g/mol. The van der Waals surface area contributed by atoms with Crippen molar-refractivity contribution in [1.82, 2.24) is 10.2 Å². The number of anilines is 1. The van der Waals surface area contributed by atoms with E-state index in [0.29, 0.717) is 12.2 Å². The summed E-state index contributed by atoms with van der Waals surface area (Å²) in [6.45, 7) is 5.69. The van der Waals surface area contributed by atoms with Crippen molar-refractivity contribution in [3.05, 3.63) is 11.8 Å². The van der Waals surface area contributed by atoms with Crippen molar-refractivity contribution in [2.45, 2.75) is 39.2 Å². The fourth-order valence-electron chi connectivity index (χ4n) is 1.33. The van der Waals surface area contributed by atoms with E-state index in [9.17, 15) is 4.79 Å². The van der Waals surface area contributed by atoms with Crippen molar-refractivity contribution in [2.75, 3.05) is 12.4 Å². The summed E-state index contributed by atoms with van der Waals surface area (Å²) in [6, 6.07) is 0. The van der Waals surface area contributed by atoms with E-state index in [4.69, 9.17) is 4.74 Å². The molecule has 0 aliphatic rings. The molecule has 5 nitrogen and oxygen atoms in total. The van der Waals surface area contributed by atoms with Gasteiger partial charge in [0.05, 0.1) is 6.20 Å². The van der Waals surface area contributed by atoms with Gasteiger partial charge in [0.25, 0.3) is 5.91 Å². The molecule has 1 amide bonds. The van der Waals surface area contributed by atoms with Gasteiger partial charge in [-0.25, -0.2) is 0 Å². The summed E-state index contributed by atoms with van der Waals surface area (Å²) in [7, 11) is 1.54. The van der Waals surface area contributed by atoms with Crippen LogP contribution in [0, 0.1) is 0 Å². The molecule has 2 N–H and O–H groups in total. The SMILES string of the molecule is CCc1cn[nH]c1NC(=O)C(C)(CC)OC. The van der Waals surface area contributed by atoms with Crippen LogP contribution in [-0.4, -0.2) is 28.8 Å². The Balaban J connectivity index is 2.78. The lowest BCUT2D eigenvalue weighted by atomic mass is 10.0. The quantitative estimate of drug-likeness (QED) is 0.801. The lowest BCUT2D eigenvalue weighted by molar-refractivity contribution is -0.136. The van der Waals surface area contributed by atoms with Gasteiger partial charge < -0.3 is 10.1 Å². The molecule has 0 saturated carbocycles. The van der Waals surface area contributed by atoms with Crippen molar-refractivity contribution in [3.8, 4) is 0 Å². The van der Waals surface area contributed by atoms with Crippen LogP contribution in [0.4, 0.5) is 5.82 Å². The summed E-state index contributed by atoms with van der Waals surface area (Å²) in [5.74, 6) is 0.501. The molecule has 1 rings (SSSR count). The molecule has 1 aromatic heterocycles. The van der Waals surface area contributed by atoms with Gasteiger partial charge in [-0.2, -0.15) is 5.10 Å². The Bertz CT molecular complexity index is 356. The predicted molar refractivity (Wildman–Crippen MR) is 62.3 cm³/mol. The van der Waals surface area contributed by atoms with Crippen LogP contribution in [0.3, 0.4) is 0 Å². The summed E-state index contributed by atoms with van der Waals surface area (Å²) in [6.07, 6.45) is 3.15. The number of aromatic nitrogens is 2. The predicted octanol–water partition coefficient (Wildman–Crippen LogP) is 1.73.